The zero-order chi connectivity index (χ0) is 22.2. The van der Waals surface area contributed by atoms with Gasteiger partial charge < -0.3 is 10.1 Å². The molecular weight excluding hydrogens is 396 g/mol. The van der Waals surface area contributed by atoms with E-state index in [1.807, 2.05) is 6.07 Å². The van der Waals surface area contributed by atoms with Crippen LogP contribution in [0.25, 0.3) is 11.6 Å². The summed E-state index contributed by atoms with van der Waals surface area (Å²) in [6.45, 7) is 1.97. The third-order valence-corrected chi connectivity index (χ3v) is 4.35. The van der Waals surface area contributed by atoms with Crippen LogP contribution in [0.15, 0.2) is 78.9 Å². The van der Waals surface area contributed by atoms with Gasteiger partial charge in [0.15, 0.2) is 0 Å². The minimum Gasteiger partial charge on any atom is -0.462 e. The number of nitrogens with zero attached hydrogens (tertiary/aromatic N) is 1. The van der Waals surface area contributed by atoms with E-state index in [0.717, 1.165) is 0 Å². The SMILES string of the molecule is CCOC(=O)c1cccc(NC(=O)/C(=C/c2cccc([N+](=O)[O-])c2)c2ccccc2)c1. The molecule has 0 aliphatic heterocycles. The zero-order valence-electron chi connectivity index (χ0n) is 16.8. The van der Waals surface area contributed by atoms with Gasteiger partial charge in [0.2, 0.25) is 0 Å². The fourth-order valence-electron chi connectivity index (χ4n) is 2.93. The number of anilines is 1. The van der Waals surface area contributed by atoms with E-state index in [0.29, 0.717) is 28.0 Å². The molecule has 0 atom stereocenters. The first kappa shape index (κ1) is 21.4. The third-order valence-electron chi connectivity index (χ3n) is 4.35. The normalized spacial score (nSPS) is 10.9. The Balaban J connectivity index is 1.95. The Morgan fingerprint density at radius 2 is 1.68 bits per heavy atom. The fourth-order valence-corrected chi connectivity index (χ4v) is 2.93. The van der Waals surface area contributed by atoms with Crippen molar-refractivity contribution in [3.8, 4) is 0 Å². The molecule has 0 aliphatic rings. The molecule has 3 aromatic rings. The number of carbonyl (C=O) groups is 2. The Morgan fingerprint density at radius 3 is 2.39 bits per heavy atom. The minimum absolute atomic E-state index is 0.0660. The van der Waals surface area contributed by atoms with Crippen LogP contribution in [0, 0.1) is 10.1 Å². The van der Waals surface area contributed by atoms with Gasteiger partial charge in [0.1, 0.15) is 0 Å². The van der Waals surface area contributed by atoms with Gasteiger partial charge in [-0.3, -0.25) is 14.9 Å². The lowest BCUT2D eigenvalue weighted by Gasteiger charge is -2.11. The molecule has 0 saturated carbocycles. The number of esters is 1. The molecule has 0 radical (unpaired) electrons. The quantitative estimate of drug-likeness (QED) is 0.193. The number of benzene rings is 3. The Kier molecular flexibility index (Phi) is 6.90. The largest absolute Gasteiger partial charge is 0.462 e. The number of nitro groups is 1. The number of ether oxygens (including phenoxy) is 1. The molecule has 0 aromatic heterocycles. The van der Waals surface area contributed by atoms with E-state index in [-0.39, 0.29) is 12.3 Å². The molecule has 1 amide bonds. The highest BCUT2D eigenvalue weighted by atomic mass is 16.6. The molecule has 0 unspecified atom stereocenters. The first-order valence-electron chi connectivity index (χ1n) is 9.58. The number of non-ortho nitro benzene ring substituents is 1. The van der Waals surface area contributed by atoms with Gasteiger partial charge in [-0.2, -0.15) is 0 Å². The Bertz CT molecular complexity index is 1140. The summed E-state index contributed by atoms with van der Waals surface area (Å²) >= 11 is 0. The first-order valence-corrected chi connectivity index (χ1v) is 9.58. The second-order valence-corrected chi connectivity index (χ2v) is 6.53. The molecule has 156 valence electrons. The summed E-state index contributed by atoms with van der Waals surface area (Å²) in [4.78, 5) is 35.7. The maximum Gasteiger partial charge on any atom is 0.338 e. The number of nitrogens with one attached hydrogen (secondary N) is 1. The molecule has 0 bridgehead atoms. The molecule has 0 spiro atoms. The summed E-state index contributed by atoms with van der Waals surface area (Å²) in [5, 5.41) is 13.9. The average Bonchev–Trinajstić information content (AvgIpc) is 2.78. The van der Waals surface area contributed by atoms with E-state index in [1.54, 1.807) is 67.6 Å². The molecule has 3 aromatic carbocycles. The van der Waals surface area contributed by atoms with Crippen molar-refractivity contribution in [2.45, 2.75) is 6.92 Å². The first-order chi connectivity index (χ1) is 15.0. The average molecular weight is 416 g/mol. The van der Waals surface area contributed by atoms with Crippen LogP contribution in [-0.2, 0) is 9.53 Å². The molecule has 0 fully saturated rings. The molecule has 0 heterocycles. The fraction of sp³-hybridized carbons (Fsp3) is 0.0833. The summed E-state index contributed by atoms with van der Waals surface area (Å²) in [7, 11) is 0. The van der Waals surface area contributed by atoms with Crippen molar-refractivity contribution in [2.75, 3.05) is 11.9 Å². The Hall–Kier alpha value is -4.26. The van der Waals surface area contributed by atoms with Crippen LogP contribution in [0.1, 0.15) is 28.4 Å². The molecule has 1 N–H and O–H groups in total. The zero-order valence-corrected chi connectivity index (χ0v) is 16.8. The highest BCUT2D eigenvalue weighted by molar-refractivity contribution is 6.29. The minimum atomic E-state index is -0.486. The number of hydrogen-bond acceptors (Lipinski definition) is 5. The van der Waals surface area contributed by atoms with Crippen LogP contribution in [-0.4, -0.2) is 23.4 Å². The van der Waals surface area contributed by atoms with E-state index in [9.17, 15) is 19.7 Å². The summed E-state index contributed by atoms with van der Waals surface area (Å²) in [5.74, 6) is -0.896. The lowest BCUT2D eigenvalue weighted by atomic mass is 10.0. The molecule has 0 aliphatic carbocycles. The van der Waals surface area contributed by atoms with Crippen LogP contribution in [0.3, 0.4) is 0 Å². The van der Waals surface area contributed by atoms with Crippen molar-refractivity contribution >= 4 is 34.9 Å². The number of carbonyl (C=O) groups excluding carboxylic acids is 2. The number of nitro benzene ring substituents is 1. The molecule has 0 saturated heterocycles. The van der Waals surface area contributed by atoms with Crippen LogP contribution < -0.4 is 5.32 Å². The number of hydrogen-bond donors (Lipinski definition) is 1. The lowest BCUT2D eigenvalue weighted by Crippen LogP contribution is -2.14. The van der Waals surface area contributed by atoms with E-state index in [4.69, 9.17) is 4.74 Å². The molecule has 3 rings (SSSR count). The van der Waals surface area contributed by atoms with Gasteiger partial charge in [-0.25, -0.2) is 4.79 Å². The summed E-state index contributed by atoms with van der Waals surface area (Å²) in [6, 6.07) is 21.5. The predicted octanol–water partition coefficient (Wildman–Crippen LogP) is 4.95. The number of amides is 1. The van der Waals surface area contributed by atoms with E-state index < -0.39 is 16.8 Å². The van der Waals surface area contributed by atoms with Crippen molar-refractivity contribution in [1.29, 1.82) is 0 Å². The van der Waals surface area contributed by atoms with Crippen LogP contribution in [0.5, 0.6) is 0 Å². The Morgan fingerprint density at radius 1 is 0.968 bits per heavy atom. The highest BCUT2D eigenvalue weighted by Crippen LogP contribution is 2.23. The van der Waals surface area contributed by atoms with Gasteiger partial charge in [0.05, 0.1) is 17.1 Å². The van der Waals surface area contributed by atoms with Gasteiger partial charge in [-0.05, 0) is 42.3 Å². The van der Waals surface area contributed by atoms with Crippen molar-refractivity contribution < 1.29 is 19.2 Å². The Labute approximate surface area is 179 Å². The van der Waals surface area contributed by atoms with Gasteiger partial charge in [-0.1, -0.05) is 48.5 Å². The predicted molar refractivity (Wildman–Crippen MR) is 118 cm³/mol. The van der Waals surface area contributed by atoms with Crippen molar-refractivity contribution in [2.24, 2.45) is 0 Å². The van der Waals surface area contributed by atoms with Crippen molar-refractivity contribution in [3.05, 3.63) is 106 Å². The molecule has 31 heavy (non-hydrogen) atoms. The second kappa shape index (κ2) is 9.98. The summed E-state index contributed by atoms with van der Waals surface area (Å²) in [6.07, 6.45) is 1.59. The van der Waals surface area contributed by atoms with Gasteiger partial charge in [0, 0.05) is 23.4 Å². The maximum atomic E-state index is 13.1. The van der Waals surface area contributed by atoms with Crippen molar-refractivity contribution in [3.63, 3.8) is 0 Å². The van der Waals surface area contributed by atoms with Gasteiger partial charge >= 0.3 is 5.97 Å². The van der Waals surface area contributed by atoms with E-state index in [2.05, 4.69) is 5.32 Å². The second-order valence-electron chi connectivity index (χ2n) is 6.53. The summed E-state index contributed by atoms with van der Waals surface area (Å²) in [5.41, 5.74) is 2.17. The summed E-state index contributed by atoms with van der Waals surface area (Å²) < 4.78 is 5.00. The molecule has 7 heteroatoms. The van der Waals surface area contributed by atoms with Crippen LogP contribution in [0.2, 0.25) is 0 Å². The van der Waals surface area contributed by atoms with E-state index >= 15 is 0 Å². The standard InChI is InChI=1S/C24H20N2O5/c1-2-31-24(28)19-11-7-12-20(16-19)25-23(27)22(18-9-4-3-5-10-18)15-17-8-6-13-21(14-17)26(29)30/h3-16H,2H2,1H3,(H,25,27)/b22-15+. The van der Waals surface area contributed by atoms with Gasteiger partial charge in [-0.15, -0.1) is 0 Å². The number of rotatable bonds is 7. The van der Waals surface area contributed by atoms with Crippen LogP contribution in [0.4, 0.5) is 11.4 Å². The molecule has 7 nitrogen and oxygen atoms in total. The molecular formula is C24H20N2O5. The van der Waals surface area contributed by atoms with Crippen LogP contribution >= 0.6 is 0 Å². The van der Waals surface area contributed by atoms with Gasteiger partial charge in [0.25, 0.3) is 11.6 Å². The maximum absolute atomic E-state index is 13.1. The van der Waals surface area contributed by atoms with Crippen molar-refractivity contribution in [1.82, 2.24) is 0 Å². The highest BCUT2D eigenvalue weighted by Gasteiger charge is 2.15. The lowest BCUT2D eigenvalue weighted by molar-refractivity contribution is -0.384. The van der Waals surface area contributed by atoms with E-state index in [1.165, 1.54) is 18.2 Å². The monoisotopic (exact) mass is 416 g/mol. The topological polar surface area (TPSA) is 98.5 Å². The smallest absolute Gasteiger partial charge is 0.338 e. The third kappa shape index (κ3) is 5.63.